The van der Waals surface area contributed by atoms with E-state index in [-0.39, 0.29) is 5.91 Å². The maximum atomic E-state index is 12.4. The summed E-state index contributed by atoms with van der Waals surface area (Å²) in [4.78, 5) is 20.8. The second kappa shape index (κ2) is 5.50. The number of carbonyl (C=O) groups is 1. The number of hydrogen-bond acceptors (Lipinski definition) is 3. The van der Waals surface area contributed by atoms with E-state index in [9.17, 15) is 4.79 Å². The van der Waals surface area contributed by atoms with Crippen molar-refractivity contribution in [2.75, 3.05) is 5.32 Å². The van der Waals surface area contributed by atoms with Gasteiger partial charge in [-0.25, -0.2) is 0 Å². The molecule has 0 spiro atoms. The molecule has 0 aliphatic carbocycles. The fourth-order valence-electron chi connectivity index (χ4n) is 2.16. The number of hydrogen-bond donors (Lipinski definition) is 1. The summed E-state index contributed by atoms with van der Waals surface area (Å²) in [5, 5.41) is 4.28. The Balaban J connectivity index is 2.01. The zero-order valence-electron chi connectivity index (χ0n) is 11.3. The largest absolute Gasteiger partial charge is 0.320 e. The molecule has 0 saturated carbocycles. The van der Waals surface area contributed by atoms with E-state index in [1.54, 1.807) is 43.6 Å². The average Bonchev–Trinajstić information content (AvgIpc) is 2.49. The molecule has 1 aromatic carbocycles. The Morgan fingerprint density at radius 1 is 1.10 bits per heavy atom. The zero-order valence-corrected chi connectivity index (χ0v) is 12.1. The van der Waals surface area contributed by atoms with Gasteiger partial charge < -0.3 is 5.32 Å². The number of para-hydroxylation sites is 1. The third kappa shape index (κ3) is 2.58. The first-order valence-corrected chi connectivity index (χ1v) is 6.81. The molecule has 0 bridgehead atoms. The lowest BCUT2D eigenvalue weighted by Gasteiger charge is -2.09. The van der Waals surface area contributed by atoms with Gasteiger partial charge in [-0.15, -0.1) is 0 Å². The molecule has 1 N–H and O–H groups in total. The van der Waals surface area contributed by atoms with Crippen LogP contribution in [0.3, 0.4) is 0 Å². The minimum atomic E-state index is -0.213. The molecule has 0 unspecified atom stereocenters. The van der Waals surface area contributed by atoms with Crippen molar-refractivity contribution < 1.29 is 4.79 Å². The molecule has 104 valence electrons. The highest BCUT2D eigenvalue weighted by atomic mass is 35.5. The van der Waals surface area contributed by atoms with Gasteiger partial charge in [0.25, 0.3) is 5.91 Å². The van der Waals surface area contributed by atoms with E-state index in [1.807, 2.05) is 12.1 Å². The van der Waals surface area contributed by atoms with Crippen LogP contribution in [0, 0.1) is 6.92 Å². The molecule has 3 aromatic rings. The molecule has 0 aliphatic heterocycles. The third-order valence-corrected chi connectivity index (χ3v) is 3.55. The van der Waals surface area contributed by atoms with Crippen molar-refractivity contribution in [3.8, 4) is 0 Å². The summed E-state index contributed by atoms with van der Waals surface area (Å²) in [6.07, 6.45) is 3.28. The van der Waals surface area contributed by atoms with Crippen molar-refractivity contribution in [3.05, 3.63) is 65.1 Å². The molecule has 0 saturated heterocycles. The zero-order chi connectivity index (χ0) is 14.8. The second-order valence-electron chi connectivity index (χ2n) is 4.59. The monoisotopic (exact) mass is 297 g/mol. The number of aromatic nitrogens is 2. The number of nitrogens with one attached hydrogen (secondary N) is 1. The first-order chi connectivity index (χ1) is 10.2. The van der Waals surface area contributed by atoms with Gasteiger partial charge in [0.15, 0.2) is 0 Å². The van der Waals surface area contributed by atoms with E-state index in [2.05, 4.69) is 15.3 Å². The van der Waals surface area contributed by atoms with Gasteiger partial charge in [0, 0.05) is 23.5 Å². The Kier molecular flexibility index (Phi) is 3.54. The van der Waals surface area contributed by atoms with Crippen LogP contribution in [-0.4, -0.2) is 15.9 Å². The van der Waals surface area contributed by atoms with Crippen LogP contribution in [0.5, 0.6) is 0 Å². The van der Waals surface area contributed by atoms with Gasteiger partial charge in [0.2, 0.25) is 0 Å². The van der Waals surface area contributed by atoms with Crippen molar-refractivity contribution in [3.63, 3.8) is 0 Å². The third-order valence-electron chi connectivity index (χ3n) is 3.22. The van der Waals surface area contributed by atoms with Gasteiger partial charge in [-0.2, -0.15) is 0 Å². The fraction of sp³-hybridized carbons (Fsp3) is 0.0625. The number of amides is 1. The Morgan fingerprint density at radius 3 is 2.76 bits per heavy atom. The second-order valence-corrected chi connectivity index (χ2v) is 4.99. The van der Waals surface area contributed by atoms with Gasteiger partial charge in [-0.05, 0) is 31.2 Å². The van der Waals surface area contributed by atoms with E-state index in [1.165, 1.54) is 0 Å². The molecule has 0 fully saturated rings. The van der Waals surface area contributed by atoms with Crippen molar-refractivity contribution >= 4 is 34.1 Å². The summed E-state index contributed by atoms with van der Waals surface area (Å²) >= 11 is 6.15. The summed E-state index contributed by atoms with van der Waals surface area (Å²) in [6, 6.07) is 10.7. The normalized spacial score (nSPS) is 10.6. The number of halogens is 1. The summed E-state index contributed by atoms with van der Waals surface area (Å²) in [7, 11) is 0. The quantitative estimate of drug-likeness (QED) is 0.782. The van der Waals surface area contributed by atoms with E-state index < -0.39 is 0 Å². The minimum absolute atomic E-state index is 0.213. The first-order valence-electron chi connectivity index (χ1n) is 6.43. The molecular weight excluding hydrogens is 286 g/mol. The number of benzene rings is 1. The average molecular weight is 298 g/mol. The number of rotatable bonds is 2. The molecule has 2 heterocycles. The maximum absolute atomic E-state index is 12.4. The van der Waals surface area contributed by atoms with Crippen LogP contribution in [0.4, 0.5) is 5.69 Å². The summed E-state index contributed by atoms with van der Waals surface area (Å²) in [5.74, 6) is -0.213. The van der Waals surface area contributed by atoms with Crippen molar-refractivity contribution in [1.82, 2.24) is 9.97 Å². The topological polar surface area (TPSA) is 54.9 Å². The van der Waals surface area contributed by atoms with Crippen LogP contribution in [0.15, 0.2) is 48.8 Å². The van der Waals surface area contributed by atoms with Crippen LogP contribution < -0.4 is 5.32 Å². The van der Waals surface area contributed by atoms with Crippen LogP contribution in [0.2, 0.25) is 5.02 Å². The highest BCUT2D eigenvalue weighted by molar-refractivity contribution is 6.35. The smallest absolute Gasteiger partial charge is 0.257 e. The van der Waals surface area contributed by atoms with Crippen LogP contribution >= 0.6 is 11.6 Å². The lowest BCUT2D eigenvalue weighted by molar-refractivity contribution is 0.102. The molecule has 4 nitrogen and oxygen atoms in total. The highest BCUT2D eigenvalue weighted by Crippen LogP contribution is 2.27. The Hall–Kier alpha value is -2.46. The number of aryl methyl sites for hydroxylation is 1. The van der Waals surface area contributed by atoms with Crippen LogP contribution in [-0.2, 0) is 0 Å². The predicted octanol–water partition coefficient (Wildman–Crippen LogP) is 3.84. The van der Waals surface area contributed by atoms with Gasteiger partial charge in [-0.3, -0.25) is 14.8 Å². The number of fused-ring (bicyclic) bond motifs is 1. The first kappa shape index (κ1) is 13.5. The molecule has 0 atom stereocenters. The molecule has 0 aliphatic rings. The highest BCUT2D eigenvalue weighted by Gasteiger charge is 2.12. The molecule has 21 heavy (non-hydrogen) atoms. The Labute approximate surface area is 126 Å². The molecule has 0 radical (unpaired) electrons. The number of carbonyl (C=O) groups excluding carboxylic acids is 1. The maximum Gasteiger partial charge on any atom is 0.257 e. The molecule has 3 rings (SSSR count). The van der Waals surface area contributed by atoms with Gasteiger partial charge in [0.05, 0.1) is 21.8 Å². The Morgan fingerprint density at radius 2 is 1.95 bits per heavy atom. The van der Waals surface area contributed by atoms with Gasteiger partial charge in [0.1, 0.15) is 0 Å². The SMILES string of the molecule is Cc1ncccc1C(=O)Nc1cccc2c(Cl)ccnc12. The van der Waals surface area contributed by atoms with E-state index >= 15 is 0 Å². The van der Waals surface area contributed by atoms with E-state index in [0.717, 1.165) is 5.39 Å². The van der Waals surface area contributed by atoms with Gasteiger partial charge >= 0.3 is 0 Å². The lowest BCUT2D eigenvalue weighted by Crippen LogP contribution is -2.14. The molecule has 1 amide bonds. The van der Waals surface area contributed by atoms with Crippen LogP contribution in [0.25, 0.3) is 10.9 Å². The lowest BCUT2D eigenvalue weighted by atomic mass is 10.1. The summed E-state index contributed by atoms with van der Waals surface area (Å²) in [5.41, 5.74) is 2.51. The van der Waals surface area contributed by atoms with Crippen molar-refractivity contribution in [2.45, 2.75) is 6.92 Å². The summed E-state index contributed by atoms with van der Waals surface area (Å²) < 4.78 is 0. The molecule has 2 aromatic heterocycles. The van der Waals surface area contributed by atoms with Crippen molar-refractivity contribution in [1.29, 1.82) is 0 Å². The standard InChI is InChI=1S/C16H12ClN3O/c1-10-11(5-3-8-18-10)16(21)20-14-6-2-4-12-13(17)7-9-19-15(12)14/h2-9H,1H3,(H,20,21). The molecular formula is C16H12ClN3O. The molecule has 5 heteroatoms. The number of pyridine rings is 2. The van der Waals surface area contributed by atoms with Gasteiger partial charge in [-0.1, -0.05) is 23.7 Å². The number of nitrogens with zero attached hydrogens (tertiary/aromatic N) is 2. The minimum Gasteiger partial charge on any atom is -0.320 e. The van der Waals surface area contributed by atoms with Crippen molar-refractivity contribution in [2.24, 2.45) is 0 Å². The van der Waals surface area contributed by atoms with E-state index in [0.29, 0.717) is 27.5 Å². The summed E-state index contributed by atoms with van der Waals surface area (Å²) in [6.45, 7) is 1.80. The van der Waals surface area contributed by atoms with E-state index in [4.69, 9.17) is 11.6 Å². The predicted molar refractivity (Wildman–Crippen MR) is 83.7 cm³/mol. The number of anilines is 1. The Bertz CT molecular complexity index is 833. The van der Waals surface area contributed by atoms with Crippen LogP contribution in [0.1, 0.15) is 16.1 Å². The fourth-order valence-corrected chi connectivity index (χ4v) is 2.37.